The number of hydrogen-bond donors (Lipinski definition) is 4. The largest absolute Gasteiger partial charge is 0.387 e. The summed E-state index contributed by atoms with van der Waals surface area (Å²) >= 11 is 1.77. The molecule has 0 amide bonds. The van der Waals surface area contributed by atoms with Crippen molar-refractivity contribution in [3.63, 3.8) is 0 Å². The third-order valence-electron chi connectivity index (χ3n) is 5.55. The van der Waals surface area contributed by atoms with Crippen LogP contribution in [0, 0.1) is 6.92 Å². The number of nitrogen functional groups attached to an aromatic ring is 1. The fraction of sp³-hybridized carbons (Fsp3) is 0.350. The number of aliphatic hydroxyl groups is 2. The predicted molar refractivity (Wildman–Crippen MR) is 114 cm³/mol. The zero-order valence-electron chi connectivity index (χ0n) is 16.3. The average molecular weight is 427 g/mol. The van der Waals surface area contributed by atoms with Gasteiger partial charge in [-0.05, 0) is 23.9 Å². The Labute approximate surface area is 176 Å². The van der Waals surface area contributed by atoms with Crippen molar-refractivity contribution in [2.45, 2.75) is 38.0 Å². The highest BCUT2D eigenvalue weighted by molar-refractivity contribution is 7.19. The zero-order valence-corrected chi connectivity index (χ0v) is 17.1. The maximum Gasteiger partial charge on any atom is 0.167 e. The minimum Gasteiger partial charge on any atom is -0.387 e. The summed E-state index contributed by atoms with van der Waals surface area (Å²) in [5, 5.41) is 25.7. The van der Waals surface area contributed by atoms with Gasteiger partial charge in [-0.2, -0.15) is 0 Å². The number of rotatable bonds is 5. The maximum atomic E-state index is 10.6. The van der Waals surface area contributed by atoms with E-state index in [1.54, 1.807) is 15.9 Å². The molecule has 0 spiro atoms. The van der Waals surface area contributed by atoms with Crippen LogP contribution in [0.5, 0.6) is 0 Å². The Kier molecular flexibility index (Phi) is 4.88. The Morgan fingerprint density at radius 1 is 1.20 bits per heavy atom. The molecule has 4 atom stereocenters. The third-order valence-corrected chi connectivity index (χ3v) is 6.67. The average Bonchev–Trinajstić information content (AvgIpc) is 3.39. The number of imidazole rings is 1. The van der Waals surface area contributed by atoms with Crippen LogP contribution in [0.1, 0.15) is 16.7 Å². The van der Waals surface area contributed by atoms with Gasteiger partial charge in [-0.3, -0.25) is 4.57 Å². The van der Waals surface area contributed by atoms with Gasteiger partial charge in [0.1, 0.15) is 30.2 Å². The Morgan fingerprint density at radius 2 is 2.03 bits per heavy atom. The van der Waals surface area contributed by atoms with E-state index in [4.69, 9.17) is 10.5 Å². The molecular weight excluding hydrogens is 404 g/mol. The Balaban J connectivity index is 1.30. The molecule has 1 fully saturated rings. The van der Waals surface area contributed by atoms with Gasteiger partial charge in [-0.25, -0.2) is 15.0 Å². The van der Waals surface area contributed by atoms with E-state index in [9.17, 15) is 10.2 Å². The highest BCUT2D eigenvalue weighted by Crippen LogP contribution is 2.33. The third kappa shape index (κ3) is 3.13. The second kappa shape index (κ2) is 7.56. The fourth-order valence-electron chi connectivity index (χ4n) is 3.96. The van der Waals surface area contributed by atoms with Gasteiger partial charge in [-0.1, -0.05) is 18.2 Å². The minimum atomic E-state index is -1.12. The summed E-state index contributed by atoms with van der Waals surface area (Å²) in [6, 6.07) is 8.31. The Hall–Kier alpha value is -2.63. The van der Waals surface area contributed by atoms with Crippen LogP contribution < -0.4 is 11.1 Å². The van der Waals surface area contributed by atoms with Crippen LogP contribution >= 0.6 is 11.3 Å². The molecule has 0 bridgehead atoms. The molecule has 4 heterocycles. The van der Waals surface area contributed by atoms with Crippen molar-refractivity contribution in [1.82, 2.24) is 24.8 Å². The molecule has 1 aliphatic heterocycles. The molecule has 0 unspecified atom stereocenters. The van der Waals surface area contributed by atoms with Gasteiger partial charge in [-0.15, -0.1) is 11.3 Å². The maximum absolute atomic E-state index is 10.6. The summed E-state index contributed by atoms with van der Waals surface area (Å²) < 4.78 is 8.82. The van der Waals surface area contributed by atoms with Crippen LogP contribution in [0.15, 0.2) is 36.9 Å². The number of aromatic nitrogens is 4. The lowest BCUT2D eigenvalue weighted by molar-refractivity contribution is -0.0342. The number of aliphatic hydroxyl groups excluding tert-OH is 2. The number of ether oxygens (including phenoxy) is 1. The number of anilines is 1. The smallest absolute Gasteiger partial charge is 0.167 e. The quantitative estimate of drug-likeness (QED) is 0.376. The van der Waals surface area contributed by atoms with Crippen molar-refractivity contribution in [2.75, 3.05) is 12.3 Å². The highest BCUT2D eigenvalue weighted by Gasteiger charge is 2.44. The molecule has 9 nitrogen and oxygen atoms in total. The molecule has 30 heavy (non-hydrogen) atoms. The molecule has 0 saturated carbocycles. The number of nitrogens with one attached hydrogen (secondary N) is 1. The zero-order chi connectivity index (χ0) is 20.8. The van der Waals surface area contributed by atoms with E-state index in [1.807, 2.05) is 12.1 Å². The van der Waals surface area contributed by atoms with Crippen molar-refractivity contribution in [3.05, 3.63) is 47.4 Å². The normalized spacial score (nSPS) is 24.2. The summed E-state index contributed by atoms with van der Waals surface area (Å²) in [6.07, 6.45) is -0.720. The van der Waals surface area contributed by atoms with Crippen molar-refractivity contribution in [2.24, 2.45) is 0 Å². The molecule has 1 aliphatic rings. The highest BCUT2D eigenvalue weighted by atomic mass is 32.1. The molecule has 10 heteroatoms. The monoisotopic (exact) mass is 426 g/mol. The first kappa shape index (κ1) is 19.3. The van der Waals surface area contributed by atoms with Gasteiger partial charge in [0.2, 0.25) is 0 Å². The Morgan fingerprint density at radius 3 is 2.90 bits per heavy atom. The van der Waals surface area contributed by atoms with E-state index in [-0.39, 0.29) is 5.82 Å². The molecule has 5 rings (SSSR count). The molecular formula is C20H22N6O3S. The molecule has 5 N–H and O–H groups in total. The standard InChI is InChI=1S/C20H22N6O3S/c1-10-12(11-4-2-3-5-14(11)30-10)6-22-7-13-16(27)17(28)20(29-13)26-9-25-15-18(21)23-8-24-19(15)26/h2-5,8-9,13,16-17,20,22,27-28H,6-7H2,1H3,(H2,21,23,24)/t13-,16-,17-,20-/m1/s1. The number of fused-ring (bicyclic) bond motifs is 2. The van der Waals surface area contributed by atoms with E-state index in [2.05, 4.69) is 39.3 Å². The lowest BCUT2D eigenvalue weighted by Crippen LogP contribution is -2.37. The fourth-order valence-corrected chi connectivity index (χ4v) is 5.05. The number of benzene rings is 1. The van der Waals surface area contributed by atoms with E-state index in [1.165, 1.54) is 33.2 Å². The molecule has 1 aromatic carbocycles. The van der Waals surface area contributed by atoms with Crippen molar-refractivity contribution in [1.29, 1.82) is 0 Å². The van der Waals surface area contributed by atoms with E-state index in [0.29, 0.717) is 24.3 Å². The van der Waals surface area contributed by atoms with E-state index in [0.717, 1.165) is 0 Å². The van der Waals surface area contributed by atoms with Crippen LogP contribution in [0.4, 0.5) is 5.82 Å². The lowest BCUT2D eigenvalue weighted by Gasteiger charge is -2.16. The summed E-state index contributed by atoms with van der Waals surface area (Å²) in [5.74, 6) is 0.253. The van der Waals surface area contributed by atoms with Crippen LogP contribution in [0.2, 0.25) is 0 Å². The van der Waals surface area contributed by atoms with Gasteiger partial charge in [0, 0.05) is 22.7 Å². The number of thiophene rings is 1. The minimum absolute atomic E-state index is 0.253. The first-order valence-electron chi connectivity index (χ1n) is 9.67. The number of hydrogen-bond acceptors (Lipinski definition) is 9. The van der Waals surface area contributed by atoms with Gasteiger partial charge in [0.25, 0.3) is 0 Å². The van der Waals surface area contributed by atoms with Crippen molar-refractivity contribution in [3.8, 4) is 0 Å². The van der Waals surface area contributed by atoms with E-state index >= 15 is 0 Å². The van der Waals surface area contributed by atoms with Gasteiger partial charge >= 0.3 is 0 Å². The molecule has 156 valence electrons. The first-order valence-corrected chi connectivity index (χ1v) is 10.5. The number of nitrogens with zero attached hydrogens (tertiary/aromatic N) is 4. The summed E-state index contributed by atoms with van der Waals surface area (Å²) in [4.78, 5) is 13.6. The lowest BCUT2D eigenvalue weighted by atomic mass is 10.1. The van der Waals surface area contributed by atoms with Crippen molar-refractivity contribution >= 4 is 38.4 Å². The van der Waals surface area contributed by atoms with Gasteiger partial charge < -0.3 is 26.0 Å². The van der Waals surface area contributed by atoms with Crippen LogP contribution in [-0.2, 0) is 11.3 Å². The molecule has 1 saturated heterocycles. The van der Waals surface area contributed by atoms with Crippen molar-refractivity contribution < 1.29 is 14.9 Å². The summed E-state index contributed by atoms with van der Waals surface area (Å²) in [5.41, 5.74) is 7.96. The summed E-state index contributed by atoms with van der Waals surface area (Å²) in [6.45, 7) is 3.16. The molecule has 3 aromatic heterocycles. The van der Waals surface area contributed by atoms with Crippen LogP contribution in [0.25, 0.3) is 21.3 Å². The SMILES string of the molecule is Cc1sc2ccccc2c1CNC[C@H]1O[C@@H](n2cnc3c(N)ncnc32)[C@H](O)[C@@H]1O. The van der Waals surface area contributed by atoms with Crippen LogP contribution in [0.3, 0.4) is 0 Å². The molecule has 0 radical (unpaired) electrons. The first-order chi connectivity index (χ1) is 14.5. The number of nitrogens with two attached hydrogens (primary N) is 1. The van der Waals surface area contributed by atoms with Gasteiger partial charge in [0.15, 0.2) is 17.7 Å². The second-order valence-electron chi connectivity index (χ2n) is 7.39. The molecule has 4 aromatic rings. The number of aryl methyl sites for hydroxylation is 1. The van der Waals surface area contributed by atoms with Gasteiger partial charge in [0.05, 0.1) is 6.33 Å². The molecule has 0 aliphatic carbocycles. The second-order valence-corrected chi connectivity index (χ2v) is 8.65. The summed E-state index contributed by atoms with van der Waals surface area (Å²) in [7, 11) is 0. The van der Waals surface area contributed by atoms with Crippen LogP contribution in [-0.4, -0.2) is 54.6 Å². The predicted octanol–water partition coefficient (Wildman–Crippen LogP) is 1.34. The Bertz CT molecular complexity index is 1210. The topological polar surface area (TPSA) is 131 Å². The van der Waals surface area contributed by atoms with E-state index < -0.39 is 24.5 Å².